The Morgan fingerprint density at radius 2 is 1.83 bits per heavy atom. The Morgan fingerprint density at radius 3 is 2.50 bits per heavy atom. The molecule has 0 spiro atoms. The van der Waals surface area contributed by atoms with Crippen LogP contribution in [0, 0.1) is 0 Å². The molecule has 0 atom stereocenters. The summed E-state index contributed by atoms with van der Waals surface area (Å²) in [4.78, 5) is 12.0. The van der Waals surface area contributed by atoms with E-state index in [4.69, 9.17) is 4.74 Å². The van der Waals surface area contributed by atoms with Crippen molar-refractivity contribution in [2.24, 2.45) is 0 Å². The SMILES string of the molecule is CCNCc1c(OCC(=O)NC(C)(C)C)ccc2ccccc12.Cl. The molecule has 1 amide bonds. The molecule has 0 bridgehead atoms. The van der Waals surface area contributed by atoms with Gasteiger partial charge in [-0.1, -0.05) is 37.3 Å². The number of carbonyl (C=O) groups is 1. The van der Waals surface area contributed by atoms with E-state index in [0.29, 0.717) is 6.54 Å². The Hall–Kier alpha value is -1.78. The number of hydrogen-bond acceptors (Lipinski definition) is 3. The third-order valence-corrected chi connectivity index (χ3v) is 3.42. The van der Waals surface area contributed by atoms with E-state index >= 15 is 0 Å². The third-order valence-electron chi connectivity index (χ3n) is 3.42. The van der Waals surface area contributed by atoms with Gasteiger partial charge in [-0.2, -0.15) is 0 Å². The van der Waals surface area contributed by atoms with Gasteiger partial charge in [-0.25, -0.2) is 0 Å². The van der Waals surface area contributed by atoms with Crippen molar-refractivity contribution < 1.29 is 9.53 Å². The van der Waals surface area contributed by atoms with Crippen LogP contribution in [-0.2, 0) is 11.3 Å². The summed E-state index contributed by atoms with van der Waals surface area (Å²) in [5, 5.41) is 8.58. The fourth-order valence-electron chi connectivity index (χ4n) is 2.48. The van der Waals surface area contributed by atoms with Gasteiger partial charge >= 0.3 is 0 Å². The summed E-state index contributed by atoms with van der Waals surface area (Å²) >= 11 is 0. The minimum absolute atomic E-state index is 0. The van der Waals surface area contributed by atoms with Crippen molar-refractivity contribution in [3.63, 3.8) is 0 Å². The van der Waals surface area contributed by atoms with Gasteiger partial charge in [0.05, 0.1) is 0 Å². The molecular formula is C19H27ClN2O2. The summed E-state index contributed by atoms with van der Waals surface area (Å²) in [5.41, 5.74) is 0.838. The smallest absolute Gasteiger partial charge is 0.258 e. The van der Waals surface area contributed by atoms with Crippen LogP contribution in [0.5, 0.6) is 5.75 Å². The van der Waals surface area contributed by atoms with Crippen LogP contribution < -0.4 is 15.4 Å². The van der Waals surface area contributed by atoms with Crippen molar-refractivity contribution in [1.29, 1.82) is 0 Å². The molecule has 0 radical (unpaired) electrons. The lowest BCUT2D eigenvalue weighted by atomic mass is 10.0. The Labute approximate surface area is 150 Å². The summed E-state index contributed by atoms with van der Waals surface area (Å²) in [6, 6.07) is 12.2. The van der Waals surface area contributed by atoms with Crippen LogP contribution in [-0.4, -0.2) is 24.6 Å². The quantitative estimate of drug-likeness (QED) is 0.835. The predicted molar refractivity (Wildman–Crippen MR) is 102 cm³/mol. The highest BCUT2D eigenvalue weighted by atomic mass is 35.5. The van der Waals surface area contributed by atoms with Crippen LogP contribution in [0.15, 0.2) is 36.4 Å². The summed E-state index contributed by atoms with van der Waals surface area (Å²) in [6.45, 7) is 9.56. The normalized spacial score (nSPS) is 11.0. The lowest BCUT2D eigenvalue weighted by Gasteiger charge is -2.21. The zero-order chi connectivity index (χ0) is 16.9. The lowest BCUT2D eigenvalue weighted by Crippen LogP contribution is -2.43. The van der Waals surface area contributed by atoms with Crippen molar-refractivity contribution in [2.75, 3.05) is 13.2 Å². The number of rotatable bonds is 6. The fraction of sp³-hybridized carbons (Fsp3) is 0.421. The molecule has 5 heteroatoms. The second kappa shape index (κ2) is 8.90. The van der Waals surface area contributed by atoms with E-state index in [1.54, 1.807) is 0 Å². The van der Waals surface area contributed by atoms with Crippen LogP contribution in [0.2, 0.25) is 0 Å². The molecule has 2 aromatic rings. The van der Waals surface area contributed by atoms with Gasteiger partial charge < -0.3 is 15.4 Å². The number of hydrogen-bond donors (Lipinski definition) is 2. The lowest BCUT2D eigenvalue weighted by molar-refractivity contribution is -0.124. The molecule has 0 aliphatic rings. The Morgan fingerprint density at radius 1 is 1.12 bits per heavy atom. The maximum Gasteiger partial charge on any atom is 0.258 e. The molecule has 2 rings (SSSR count). The molecule has 0 saturated heterocycles. The molecule has 132 valence electrons. The molecule has 0 saturated carbocycles. The third kappa shape index (κ3) is 5.69. The fourth-order valence-corrected chi connectivity index (χ4v) is 2.48. The molecule has 2 N–H and O–H groups in total. The minimum atomic E-state index is -0.254. The first kappa shape index (κ1) is 20.3. The zero-order valence-electron chi connectivity index (χ0n) is 14.8. The second-order valence-electron chi connectivity index (χ2n) is 6.63. The van der Waals surface area contributed by atoms with Gasteiger partial charge in [-0.05, 0) is 44.2 Å². The van der Waals surface area contributed by atoms with Gasteiger partial charge in [0, 0.05) is 17.6 Å². The minimum Gasteiger partial charge on any atom is -0.483 e. The Balaban J connectivity index is 0.00000288. The monoisotopic (exact) mass is 350 g/mol. The molecule has 0 fully saturated rings. The maximum atomic E-state index is 12.0. The molecule has 0 aliphatic carbocycles. The van der Waals surface area contributed by atoms with Gasteiger partial charge in [-0.15, -0.1) is 12.4 Å². The van der Waals surface area contributed by atoms with Gasteiger partial charge in [0.15, 0.2) is 6.61 Å². The van der Waals surface area contributed by atoms with Crippen molar-refractivity contribution in [1.82, 2.24) is 10.6 Å². The van der Waals surface area contributed by atoms with Gasteiger partial charge in [-0.3, -0.25) is 4.79 Å². The molecular weight excluding hydrogens is 324 g/mol. The van der Waals surface area contributed by atoms with E-state index in [0.717, 1.165) is 23.2 Å². The highest BCUT2D eigenvalue weighted by Gasteiger charge is 2.15. The van der Waals surface area contributed by atoms with Crippen molar-refractivity contribution >= 4 is 29.1 Å². The van der Waals surface area contributed by atoms with Crippen LogP contribution in [0.25, 0.3) is 10.8 Å². The highest BCUT2D eigenvalue weighted by Crippen LogP contribution is 2.28. The van der Waals surface area contributed by atoms with Crippen molar-refractivity contribution in [2.45, 2.75) is 39.8 Å². The summed E-state index contributed by atoms with van der Waals surface area (Å²) in [6.07, 6.45) is 0. The summed E-state index contributed by atoms with van der Waals surface area (Å²) in [7, 11) is 0. The molecule has 2 aromatic carbocycles. The topological polar surface area (TPSA) is 50.4 Å². The molecule has 0 aliphatic heterocycles. The number of fused-ring (bicyclic) bond motifs is 1. The predicted octanol–water partition coefficient (Wildman–Crippen LogP) is 3.66. The Bertz CT molecular complexity index is 681. The molecule has 0 aromatic heterocycles. The van der Waals surface area contributed by atoms with Crippen molar-refractivity contribution in [3.05, 3.63) is 42.0 Å². The van der Waals surface area contributed by atoms with E-state index in [1.165, 1.54) is 5.39 Å². The van der Waals surface area contributed by atoms with Gasteiger partial charge in [0.25, 0.3) is 5.91 Å². The van der Waals surface area contributed by atoms with Gasteiger partial charge in [0.2, 0.25) is 0 Å². The van der Waals surface area contributed by atoms with E-state index in [-0.39, 0.29) is 30.5 Å². The van der Waals surface area contributed by atoms with E-state index in [9.17, 15) is 4.79 Å². The largest absolute Gasteiger partial charge is 0.483 e. The highest BCUT2D eigenvalue weighted by molar-refractivity contribution is 5.88. The first-order valence-corrected chi connectivity index (χ1v) is 8.06. The number of halogens is 1. The number of carbonyl (C=O) groups excluding carboxylic acids is 1. The Kier molecular flexibility index (Phi) is 7.52. The number of nitrogens with one attached hydrogen (secondary N) is 2. The molecule has 0 unspecified atom stereocenters. The molecule has 24 heavy (non-hydrogen) atoms. The van der Waals surface area contributed by atoms with Crippen LogP contribution >= 0.6 is 12.4 Å². The molecule has 0 heterocycles. The number of ether oxygens (including phenoxy) is 1. The van der Waals surface area contributed by atoms with Crippen LogP contribution in [0.4, 0.5) is 0 Å². The molecule has 4 nitrogen and oxygen atoms in total. The average molecular weight is 351 g/mol. The maximum absolute atomic E-state index is 12.0. The first-order chi connectivity index (χ1) is 10.9. The average Bonchev–Trinajstić information content (AvgIpc) is 2.49. The van der Waals surface area contributed by atoms with Crippen LogP contribution in [0.1, 0.15) is 33.3 Å². The van der Waals surface area contributed by atoms with Gasteiger partial charge in [0.1, 0.15) is 5.75 Å². The summed E-state index contributed by atoms with van der Waals surface area (Å²) < 4.78 is 5.80. The van der Waals surface area contributed by atoms with E-state index in [2.05, 4.69) is 29.7 Å². The van der Waals surface area contributed by atoms with E-state index in [1.807, 2.05) is 45.0 Å². The zero-order valence-corrected chi connectivity index (χ0v) is 15.6. The van der Waals surface area contributed by atoms with Crippen LogP contribution in [0.3, 0.4) is 0 Å². The number of benzene rings is 2. The second-order valence-corrected chi connectivity index (χ2v) is 6.63. The standard InChI is InChI=1S/C19H26N2O2.ClH/c1-5-20-12-16-15-9-7-6-8-14(15)10-11-17(16)23-13-18(22)21-19(2,3)4;/h6-11,20H,5,12-13H2,1-4H3,(H,21,22);1H. The van der Waals surface area contributed by atoms with E-state index < -0.39 is 0 Å². The first-order valence-electron chi connectivity index (χ1n) is 8.06. The summed E-state index contributed by atoms with van der Waals surface area (Å²) in [5.74, 6) is 0.647. The number of amides is 1. The van der Waals surface area contributed by atoms with Crippen molar-refractivity contribution in [3.8, 4) is 5.75 Å².